The summed E-state index contributed by atoms with van der Waals surface area (Å²) in [6, 6.07) is 11.8. The second-order valence-corrected chi connectivity index (χ2v) is 8.57. The summed E-state index contributed by atoms with van der Waals surface area (Å²) in [5, 5.41) is 10.6. The number of hydrogen-bond acceptors (Lipinski definition) is 4. The molecule has 0 atom stereocenters. The van der Waals surface area contributed by atoms with Crippen molar-refractivity contribution in [1.82, 2.24) is 9.13 Å². The van der Waals surface area contributed by atoms with E-state index in [0.717, 1.165) is 53.2 Å². The average Bonchev–Trinajstić information content (AvgIpc) is 3.15. The molecule has 0 saturated heterocycles. The Hall–Kier alpha value is -1.60. The second-order valence-electron chi connectivity index (χ2n) is 5.68. The summed E-state index contributed by atoms with van der Waals surface area (Å²) in [6.45, 7) is 5.86. The van der Waals surface area contributed by atoms with Gasteiger partial charge in [-0.2, -0.15) is 0 Å². The van der Waals surface area contributed by atoms with E-state index in [9.17, 15) is 0 Å². The van der Waals surface area contributed by atoms with Crippen LogP contribution in [-0.2, 0) is 13.1 Å². The van der Waals surface area contributed by atoms with E-state index in [-0.39, 0.29) is 0 Å². The molecule has 0 saturated carbocycles. The lowest BCUT2D eigenvalue weighted by Crippen LogP contribution is -2.16. The summed E-state index contributed by atoms with van der Waals surface area (Å²) in [5.74, 6) is 0. The number of halogens is 2. The molecule has 0 radical (unpaired) electrons. The first-order valence-electron chi connectivity index (χ1n) is 8.26. The van der Waals surface area contributed by atoms with Crippen molar-refractivity contribution in [1.29, 1.82) is 0 Å². The van der Waals surface area contributed by atoms with Gasteiger partial charge in [-0.1, -0.05) is 45.9 Å². The Kier molecular flexibility index (Phi) is 4.92. The zero-order chi connectivity index (χ0) is 18.3. The molecule has 2 heterocycles. The quantitative estimate of drug-likeness (QED) is 0.391. The highest BCUT2D eigenvalue weighted by atomic mass is 35.5. The molecule has 0 spiro atoms. The third kappa shape index (κ3) is 3.11. The predicted octanol–water partition coefficient (Wildman–Crippen LogP) is 5.48. The number of hydrogen-bond donors (Lipinski definition) is 0. The maximum absolute atomic E-state index is 6.12. The summed E-state index contributed by atoms with van der Waals surface area (Å²) in [6.07, 6.45) is 0. The fourth-order valence-electron chi connectivity index (χ4n) is 2.94. The van der Waals surface area contributed by atoms with Crippen LogP contribution in [0.2, 0.25) is 10.0 Å². The van der Waals surface area contributed by atoms with Crippen LogP contribution in [0.3, 0.4) is 0 Å². The number of thiazole rings is 2. The molecule has 0 aliphatic carbocycles. The van der Waals surface area contributed by atoms with Crippen LogP contribution in [0.1, 0.15) is 13.8 Å². The van der Waals surface area contributed by atoms with Crippen LogP contribution in [-0.4, -0.2) is 9.13 Å². The molecule has 0 aliphatic heterocycles. The SMILES string of the molecule is CCn1/c(=N/N=c2\sc3cc(Cl)ccc3n2CC)sc2cc(Cl)ccc21. The van der Waals surface area contributed by atoms with E-state index in [1.807, 2.05) is 36.4 Å². The van der Waals surface area contributed by atoms with Gasteiger partial charge in [0.15, 0.2) is 0 Å². The van der Waals surface area contributed by atoms with Crippen molar-refractivity contribution < 1.29 is 0 Å². The Labute approximate surface area is 168 Å². The highest BCUT2D eigenvalue weighted by Gasteiger charge is 2.07. The third-order valence-corrected chi connectivity index (χ3v) is 6.68. The van der Waals surface area contributed by atoms with Gasteiger partial charge in [0.05, 0.1) is 20.4 Å². The van der Waals surface area contributed by atoms with Crippen molar-refractivity contribution >= 4 is 66.3 Å². The van der Waals surface area contributed by atoms with Crippen LogP contribution in [0.4, 0.5) is 0 Å². The molecule has 0 bridgehead atoms. The summed E-state index contributed by atoms with van der Waals surface area (Å²) in [4.78, 5) is 1.73. The van der Waals surface area contributed by atoms with Gasteiger partial charge in [-0.25, -0.2) is 0 Å². The van der Waals surface area contributed by atoms with Gasteiger partial charge in [-0.05, 0) is 50.2 Å². The van der Waals surface area contributed by atoms with Crippen molar-refractivity contribution in [2.75, 3.05) is 0 Å². The maximum atomic E-state index is 6.12. The first-order valence-corrected chi connectivity index (χ1v) is 10.6. The van der Waals surface area contributed by atoms with E-state index in [2.05, 4.69) is 33.2 Å². The minimum Gasteiger partial charge on any atom is -0.315 e. The molecular weight excluding hydrogens is 407 g/mol. The van der Waals surface area contributed by atoms with Gasteiger partial charge in [-0.3, -0.25) is 0 Å². The zero-order valence-corrected chi connectivity index (χ0v) is 17.4. The summed E-state index contributed by atoms with van der Waals surface area (Å²) in [5.41, 5.74) is 2.25. The molecule has 26 heavy (non-hydrogen) atoms. The van der Waals surface area contributed by atoms with Crippen LogP contribution < -0.4 is 9.60 Å². The minimum atomic E-state index is 0.732. The maximum Gasteiger partial charge on any atom is 0.211 e. The number of nitrogens with zero attached hydrogens (tertiary/aromatic N) is 4. The summed E-state index contributed by atoms with van der Waals surface area (Å²) in [7, 11) is 0. The van der Waals surface area contributed by atoms with Gasteiger partial charge in [0.2, 0.25) is 9.60 Å². The van der Waals surface area contributed by atoms with Crippen molar-refractivity contribution in [2.45, 2.75) is 26.9 Å². The average molecular weight is 423 g/mol. The summed E-state index contributed by atoms with van der Waals surface area (Å²) >= 11 is 15.4. The van der Waals surface area contributed by atoms with Crippen molar-refractivity contribution in [3.63, 3.8) is 0 Å². The lowest BCUT2D eigenvalue weighted by Gasteiger charge is -2.00. The van der Waals surface area contributed by atoms with Gasteiger partial charge in [0.25, 0.3) is 0 Å². The van der Waals surface area contributed by atoms with E-state index < -0.39 is 0 Å². The predicted molar refractivity (Wildman–Crippen MR) is 112 cm³/mol. The standard InChI is InChI=1S/C18H16Cl2N4S2/c1-3-23-13-7-5-11(19)9-15(13)25-17(23)21-22-18-24(4-2)14-8-6-12(20)10-16(14)26-18/h5-10H,3-4H2,1-2H3/b21-17-,22-18-. The summed E-state index contributed by atoms with van der Waals surface area (Å²) < 4.78 is 6.53. The molecule has 0 aliphatic rings. The number of benzene rings is 2. The van der Waals surface area contributed by atoms with Crippen molar-refractivity contribution in [3.8, 4) is 0 Å². The molecule has 2 aromatic carbocycles. The molecule has 8 heteroatoms. The molecule has 4 aromatic rings. The van der Waals surface area contributed by atoms with Gasteiger partial charge in [0.1, 0.15) is 0 Å². The van der Waals surface area contributed by atoms with Gasteiger partial charge < -0.3 is 9.13 Å². The fraction of sp³-hybridized carbons (Fsp3) is 0.222. The first kappa shape index (κ1) is 17.8. The Morgan fingerprint density at radius 3 is 1.58 bits per heavy atom. The molecule has 0 fully saturated rings. The number of aryl methyl sites for hydroxylation is 2. The van der Waals surface area contributed by atoms with Gasteiger partial charge in [0, 0.05) is 23.1 Å². The monoisotopic (exact) mass is 422 g/mol. The fourth-order valence-corrected chi connectivity index (χ4v) is 5.59. The van der Waals surface area contributed by atoms with E-state index in [0.29, 0.717) is 0 Å². The molecule has 0 amide bonds. The highest BCUT2D eigenvalue weighted by molar-refractivity contribution is 7.16. The van der Waals surface area contributed by atoms with Crippen molar-refractivity contribution in [2.24, 2.45) is 10.2 Å². The lowest BCUT2D eigenvalue weighted by atomic mass is 10.3. The molecule has 2 aromatic heterocycles. The highest BCUT2D eigenvalue weighted by Crippen LogP contribution is 2.23. The third-order valence-electron chi connectivity index (χ3n) is 4.14. The van der Waals surface area contributed by atoms with Crippen LogP contribution in [0.5, 0.6) is 0 Å². The Morgan fingerprint density at radius 2 is 1.19 bits per heavy atom. The number of rotatable bonds is 3. The molecular formula is C18H16Cl2N4S2. The number of aromatic nitrogens is 2. The van der Waals surface area contributed by atoms with Crippen LogP contribution in [0.25, 0.3) is 20.4 Å². The van der Waals surface area contributed by atoms with Crippen LogP contribution in [0.15, 0.2) is 46.6 Å². The van der Waals surface area contributed by atoms with E-state index >= 15 is 0 Å². The van der Waals surface area contributed by atoms with Crippen molar-refractivity contribution in [3.05, 3.63) is 56.0 Å². The smallest absolute Gasteiger partial charge is 0.211 e. The Balaban J connectivity index is 1.95. The topological polar surface area (TPSA) is 34.6 Å². The van der Waals surface area contributed by atoms with Gasteiger partial charge >= 0.3 is 0 Å². The zero-order valence-electron chi connectivity index (χ0n) is 14.2. The Bertz CT molecular complexity index is 1150. The Morgan fingerprint density at radius 1 is 0.769 bits per heavy atom. The van der Waals surface area contributed by atoms with E-state index in [1.54, 1.807) is 22.7 Å². The number of fused-ring (bicyclic) bond motifs is 2. The van der Waals surface area contributed by atoms with E-state index in [4.69, 9.17) is 23.2 Å². The lowest BCUT2D eigenvalue weighted by molar-refractivity contribution is 0.733. The second kappa shape index (κ2) is 7.19. The normalized spacial score (nSPS) is 13.4. The van der Waals surface area contributed by atoms with Crippen LogP contribution >= 0.6 is 45.9 Å². The van der Waals surface area contributed by atoms with E-state index in [1.165, 1.54) is 0 Å². The molecule has 4 nitrogen and oxygen atoms in total. The van der Waals surface area contributed by atoms with Crippen LogP contribution in [0, 0.1) is 0 Å². The first-order chi connectivity index (χ1) is 12.6. The molecule has 4 rings (SSSR count). The molecule has 0 N–H and O–H groups in total. The largest absolute Gasteiger partial charge is 0.315 e. The molecule has 0 unspecified atom stereocenters. The van der Waals surface area contributed by atoms with Gasteiger partial charge in [-0.15, -0.1) is 10.2 Å². The minimum absolute atomic E-state index is 0.732. The molecule has 134 valence electrons.